The Morgan fingerprint density at radius 1 is 1.33 bits per heavy atom. The van der Waals surface area contributed by atoms with Crippen LogP contribution in [0.25, 0.3) is 0 Å². The van der Waals surface area contributed by atoms with E-state index < -0.39 is 23.7 Å². The lowest BCUT2D eigenvalue weighted by molar-refractivity contribution is -0.142. The molecule has 0 saturated carbocycles. The molecule has 2 rings (SSSR count). The molecular formula is C16H19Cl2NO4S. The van der Waals surface area contributed by atoms with Gasteiger partial charge in [0.2, 0.25) is 0 Å². The van der Waals surface area contributed by atoms with Crippen molar-refractivity contribution in [2.75, 3.05) is 6.54 Å². The third kappa shape index (κ3) is 4.71. The maximum Gasteiger partial charge on any atom is 0.411 e. The molecular weight excluding hydrogens is 373 g/mol. The molecule has 132 valence electrons. The smallest absolute Gasteiger partial charge is 0.411 e. The van der Waals surface area contributed by atoms with Crippen molar-refractivity contribution in [2.45, 2.75) is 49.0 Å². The van der Waals surface area contributed by atoms with Crippen LogP contribution in [0.2, 0.25) is 10.0 Å². The van der Waals surface area contributed by atoms with E-state index in [0.717, 1.165) is 4.90 Å². The number of aliphatic carboxylic acids is 1. The van der Waals surface area contributed by atoms with Gasteiger partial charge in [0.05, 0.1) is 10.0 Å². The Bertz CT molecular complexity index is 647. The fourth-order valence-electron chi connectivity index (χ4n) is 2.39. The summed E-state index contributed by atoms with van der Waals surface area (Å²) in [5.74, 6) is -1.04. The Morgan fingerprint density at radius 3 is 2.58 bits per heavy atom. The van der Waals surface area contributed by atoms with E-state index in [0.29, 0.717) is 16.5 Å². The predicted octanol–water partition coefficient (Wildman–Crippen LogP) is 4.55. The van der Waals surface area contributed by atoms with Gasteiger partial charge in [0.1, 0.15) is 11.6 Å². The highest BCUT2D eigenvalue weighted by atomic mass is 35.5. The van der Waals surface area contributed by atoms with E-state index in [1.807, 2.05) is 6.07 Å². The SMILES string of the molecule is CC(C)(C)OC(=O)N1C[C@H](Sc2cccc(Cl)c2Cl)C[C@H]1C(=O)O. The zero-order valence-corrected chi connectivity index (χ0v) is 15.9. The Balaban J connectivity index is 2.13. The summed E-state index contributed by atoms with van der Waals surface area (Å²) in [6, 6.07) is 4.39. The van der Waals surface area contributed by atoms with E-state index in [-0.39, 0.29) is 11.8 Å². The molecule has 1 fully saturated rings. The third-order valence-corrected chi connectivity index (χ3v) is 5.59. The van der Waals surface area contributed by atoms with E-state index in [9.17, 15) is 14.7 Å². The summed E-state index contributed by atoms with van der Waals surface area (Å²) in [6.45, 7) is 5.51. The molecule has 24 heavy (non-hydrogen) atoms. The highest BCUT2D eigenvalue weighted by molar-refractivity contribution is 8.00. The summed E-state index contributed by atoms with van der Waals surface area (Å²) in [7, 11) is 0. The molecule has 0 aliphatic carbocycles. The number of benzene rings is 1. The highest BCUT2D eigenvalue weighted by Gasteiger charge is 2.42. The standard InChI is InChI=1S/C16H19Cl2NO4S/c1-16(2,3)23-15(22)19-8-9(7-11(19)14(20)21)24-12-6-4-5-10(17)13(12)18/h4-6,9,11H,7-8H2,1-3H3,(H,20,21)/t9-,11+/m1/s1. The van der Waals surface area contributed by atoms with Crippen LogP contribution >= 0.6 is 35.0 Å². The van der Waals surface area contributed by atoms with Crippen molar-refractivity contribution in [1.82, 2.24) is 4.90 Å². The van der Waals surface area contributed by atoms with Crippen LogP contribution in [0.3, 0.4) is 0 Å². The van der Waals surface area contributed by atoms with Gasteiger partial charge in [-0.1, -0.05) is 29.3 Å². The monoisotopic (exact) mass is 391 g/mol. The lowest BCUT2D eigenvalue weighted by atomic mass is 10.2. The van der Waals surface area contributed by atoms with Crippen LogP contribution in [0.5, 0.6) is 0 Å². The lowest BCUT2D eigenvalue weighted by Gasteiger charge is -2.26. The largest absolute Gasteiger partial charge is 0.480 e. The van der Waals surface area contributed by atoms with E-state index >= 15 is 0 Å². The van der Waals surface area contributed by atoms with Gasteiger partial charge in [0, 0.05) is 16.7 Å². The van der Waals surface area contributed by atoms with Crippen LogP contribution in [-0.4, -0.2) is 45.5 Å². The average molecular weight is 392 g/mol. The molecule has 0 unspecified atom stereocenters. The van der Waals surface area contributed by atoms with Gasteiger partial charge in [-0.15, -0.1) is 11.8 Å². The summed E-state index contributed by atoms with van der Waals surface area (Å²) in [5.41, 5.74) is -0.679. The Morgan fingerprint density at radius 2 is 2.00 bits per heavy atom. The number of likely N-dealkylation sites (tertiary alicyclic amines) is 1. The van der Waals surface area contributed by atoms with Crippen LogP contribution in [0.4, 0.5) is 4.79 Å². The molecule has 0 radical (unpaired) electrons. The topological polar surface area (TPSA) is 66.8 Å². The molecule has 1 aromatic rings. The first kappa shape index (κ1) is 19.2. The van der Waals surface area contributed by atoms with Crippen LogP contribution in [-0.2, 0) is 9.53 Å². The number of carbonyl (C=O) groups is 2. The first-order chi connectivity index (χ1) is 11.1. The summed E-state index contributed by atoms with van der Waals surface area (Å²) in [4.78, 5) is 25.8. The number of carboxylic acids is 1. The van der Waals surface area contributed by atoms with Crippen LogP contribution < -0.4 is 0 Å². The van der Waals surface area contributed by atoms with Crippen molar-refractivity contribution >= 4 is 47.0 Å². The van der Waals surface area contributed by atoms with Crippen LogP contribution in [0.1, 0.15) is 27.2 Å². The molecule has 0 aromatic heterocycles. The van der Waals surface area contributed by atoms with Gasteiger partial charge in [-0.25, -0.2) is 9.59 Å². The van der Waals surface area contributed by atoms with Gasteiger partial charge in [0.15, 0.2) is 0 Å². The van der Waals surface area contributed by atoms with Gasteiger partial charge < -0.3 is 9.84 Å². The zero-order valence-electron chi connectivity index (χ0n) is 13.6. The first-order valence-corrected chi connectivity index (χ1v) is 9.05. The minimum absolute atomic E-state index is 0.102. The molecule has 1 heterocycles. The minimum Gasteiger partial charge on any atom is -0.480 e. The third-order valence-electron chi connectivity index (χ3n) is 3.39. The van der Waals surface area contributed by atoms with Crippen LogP contribution in [0, 0.1) is 0 Å². The predicted molar refractivity (Wildman–Crippen MR) is 95.1 cm³/mol. The number of rotatable bonds is 3. The number of carboxylic acid groups (broad SMARTS) is 1. The highest BCUT2D eigenvalue weighted by Crippen LogP contribution is 2.39. The van der Waals surface area contributed by atoms with E-state index in [1.165, 1.54) is 16.7 Å². The summed E-state index contributed by atoms with van der Waals surface area (Å²) in [5, 5.41) is 10.2. The van der Waals surface area contributed by atoms with Crippen molar-refractivity contribution in [3.05, 3.63) is 28.2 Å². The second-order valence-corrected chi connectivity index (χ2v) is 8.64. The molecule has 1 aromatic carbocycles. The van der Waals surface area contributed by atoms with E-state index in [2.05, 4.69) is 0 Å². The van der Waals surface area contributed by atoms with Crippen molar-refractivity contribution in [3.8, 4) is 0 Å². The van der Waals surface area contributed by atoms with Gasteiger partial charge in [-0.3, -0.25) is 4.90 Å². The van der Waals surface area contributed by atoms with E-state index in [4.69, 9.17) is 27.9 Å². The first-order valence-electron chi connectivity index (χ1n) is 7.41. The summed E-state index contributed by atoms with van der Waals surface area (Å²) < 4.78 is 5.31. The molecule has 8 heteroatoms. The second kappa shape index (κ2) is 7.42. The number of ether oxygens (including phenoxy) is 1. The van der Waals surface area contributed by atoms with E-state index in [1.54, 1.807) is 32.9 Å². The molecule has 1 N–H and O–H groups in total. The number of thioether (sulfide) groups is 1. The number of hydrogen-bond donors (Lipinski definition) is 1. The maximum absolute atomic E-state index is 12.3. The van der Waals surface area contributed by atoms with Crippen molar-refractivity contribution in [1.29, 1.82) is 0 Å². The molecule has 2 atom stereocenters. The maximum atomic E-state index is 12.3. The van der Waals surface area contributed by atoms with Crippen LogP contribution in [0.15, 0.2) is 23.1 Å². The molecule has 0 spiro atoms. The molecule has 5 nitrogen and oxygen atoms in total. The number of nitrogens with zero attached hydrogens (tertiary/aromatic N) is 1. The molecule has 1 aliphatic rings. The fraction of sp³-hybridized carbons (Fsp3) is 0.500. The van der Waals surface area contributed by atoms with Gasteiger partial charge in [-0.05, 0) is 39.3 Å². The number of halogens is 2. The lowest BCUT2D eigenvalue weighted by Crippen LogP contribution is -2.43. The average Bonchev–Trinajstić information content (AvgIpc) is 2.86. The quantitative estimate of drug-likeness (QED) is 0.818. The normalized spacial score (nSPS) is 21.0. The van der Waals surface area contributed by atoms with Gasteiger partial charge in [0.25, 0.3) is 0 Å². The number of amides is 1. The molecule has 1 aliphatic heterocycles. The second-order valence-electron chi connectivity index (χ2n) is 6.51. The molecule has 1 amide bonds. The van der Waals surface area contributed by atoms with Gasteiger partial charge in [-0.2, -0.15) is 0 Å². The summed E-state index contributed by atoms with van der Waals surface area (Å²) in [6.07, 6.45) is -0.294. The number of carbonyl (C=O) groups excluding carboxylic acids is 1. The zero-order chi connectivity index (χ0) is 18.1. The fourth-order valence-corrected chi connectivity index (χ4v) is 4.13. The summed E-state index contributed by atoms with van der Waals surface area (Å²) >= 11 is 13.6. The Labute approximate surface area is 155 Å². The molecule has 0 bridgehead atoms. The minimum atomic E-state index is -1.04. The van der Waals surface area contributed by atoms with Crippen molar-refractivity contribution < 1.29 is 19.4 Å². The van der Waals surface area contributed by atoms with Gasteiger partial charge >= 0.3 is 12.1 Å². The Kier molecular flexibility index (Phi) is 5.94. The number of hydrogen-bond acceptors (Lipinski definition) is 4. The Hall–Kier alpha value is -1.11. The van der Waals surface area contributed by atoms with Crippen molar-refractivity contribution in [2.24, 2.45) is 0 Å². The molecule has 1 saturated heterocycles. The van der Waals surface area contributed by atoms with Crippen molar-refractivity contribution in [3.63, 3.8) is 0 Å².